The van der Waals surface area contributed by atoms with E-state index in [9.17, 15) is 0 Å². The summed E-state index contributed by atoms with van der Waals surface area (Å²) >= 11 is 5.22. The fourth-order valence-electron chi connectivity index (χ4n) is 1.50. The monoisotopic (exact) mass is 311 g/mol. The number of nitrogen functional groups attached to an aromatic ring is 1. The van der Waals surface area contributed by atoms with Gasteiger partial charge in [-0.05, 0) is 57.7 Å². The molecule has 0 amide bonds. The van der Waals surface area contributed by atoms with Gasteiger partial charge in [-0.25, -0.2) is 4.98 Å². The Balaban J connectivity index is 2.22. The van der Waals surface area contributed by atoms with Crippen LogP contribution in [0, 0.1) is 6.92 Å². The number of halogens is 1. The van der Waals surface area contributed by atoms with E-state index in [1.807, 2.05) is 6.92 Å². The van der Waals surface area contributed by atoms with Crippen molar-refractivity contribution in [3.63, 3.8) is 0 Å². The molecule has 2 heterocycles. The summed E-state index contributed by atoms with van der Waals surface area (Å²) in [6.45, 7) is 4.09. The van der Waals surface area contributed by atoms with Crippen LogP contribution in [0.25, 0.3) is 0 Å². The molecule has 1 unspecified atom stereocenters. The maximum absolute atomic E-state index is 5.80. The first-order valence-corrected chi connectivity index (χ1v) is 7.02. The molecule has 3 N–H and O–H groups in total. The molecule has 5 heteroatoms. The second-order valence-electron chi connectivity index (χ2n) is 3.92. The number of rotatable bonds is 3. The first-order chi connectivity index (χ1) is 8.09. The van der Waals surface area contributed by atoms with Crippen LogP contribution >= 0.6 is 27.3 Å². The Morgan fingerprint density at radius 3 is 2.94 bits per heavy atom. The van der Waals surface area contributed by atoms with E-state index >= 15 is 0 Å². The van der Waals surface area contributed by atoms with E-state index in [2.05, 4.69) is 50.0 Å². The van der Waals surface area contributed by atoms with Crippen molar-refractivity contribution in [2.75, 3.05) is 11.1 Å². The fraction of sp³-hybridized carbons (Fsp3) is 0.250. The summed E-state index contributed by atoms with van der Waals surface area (Å²) in [6.07, 6.45) is 1.68. The van der Waals surface area contributed by atoms with E-state index in [1.165, 1.54) is 5.56 Å². The molecule has 0 bridgehead atoms. The molecule has 2 aromatic rings. The molecule has 0 saturated heterocycles. The zero-order valence-corrected chi connectivity index (χ0v) is 12.1. The van der Waals surface area contributed by atoms with Gasteiger partial charge in [-0.2, -0.15) is 11.3 Å². The molecule has 1 atom stereocenters. The number of thiophene rings is 1. The normalized spacial score (nSPS) is 12.4. The van der Waals surface area contributed by atoms with Gasteiger partial charge < -0.3 is 11.1 Å². The predicted molar refractivity (Wildman–Crippen MR) is 77.4 cm³/mol. The maximum atomic E-state index is 5.80. The summed E-state index contributed by atoms with van der Waals surface area (Å²) in [5.74, 6) is 0.829. The van der Waals surface area contributed by atoms with E-state index < -0.39 is 0 Å². The van der Waals surface area contributed by atoms with E-state index in [1.54, 1.807) is 17.5 Å². The quantitative estimate of drug-likeness (QED) is 0.901. The Labute approximate surface area is 113 Å². The van der Waals surface area contributed by atoms with Crippen molar-refractivity contribution in [2.24, 2.45) is 0 Å². The van der Waals surface area contributed by atoms with Crippen LogP contribution in [0.2, 0.25) is 0 Å². The number of nitrogens with two attached hydrogens (primary N) is 1. The molecule has 0 aliphatic rings. The van der Waals surface area contributed by atoms with E-state index in [0.29, 0.717) is 5.69 Å². The van der Waals surface area contributed by atoms with Crippen LogP contribution in [0.5, 0.6) is 0 Å². The lowest BCUT2D eigenvalue weighted by Gasteiger charge is -2.16. The third-order valence-corrected chi connectivity index (χ3v) is 4.37. The average Bonchev–Trinajstić information content (AvgIpc) is 2.83. The molecule has 0 saturated carbocycles. The van der Waals surface area contributed by atoms with Gasteiger partial charge in [0, 0.05) is 0 Å². The zero-order valence-electron chi connectivity index (χ0n) is 9.70. The largest absolute Gasteiger partial charge is 0.397 e. The number of nitrogens with zero attached hydrogens (tertiary/aromatic N) is 1. The highest BCUT2D eigenvalue weighted by Crippen LogP contribution is 2.30. The molecule has 0 aromatic carbocycles. The summed E-state index contributed by atoms with van der Waals surface area (Å²) in [5, 5.41) is 7.58. The minimum Gasteiger partial charge on any atom is -0.397 e. The van der Waals surface area contributed by atoms with Crippen molar-refractivity contribution in [1.82, 2.24) is 4.98 Å². The van der Waals surface area contributed by atoms with Gasteiger partial charge in [0.05, 0.1) is 22.4 Å². The number of aromatic nitrogens is 1. The summed E-state index contributed by atoms with van der Waals surface area (Å²) in [6, 6.07) is 2.34. The number of hydrogen-bond acceptors (Lipinski definition) is 4. The second kappa shape index (κ2) is 5.06. The Bertz CT molecular complexity index is 511. The molecule has 0 aliphatic heterocycles. The van der Waals surface area contributed by atoms with Crippen LogP contribution in [0.15, 0.2) is 27.5 Å². The minimum atomic E-state index is 0.230. The molecule has 0 aliphatic carbocycles. The van der Waals surface area contributed by atoms with E-state index in [4.69, 9.17) is 5.73 Å². The van der Waals surface area contributed by atoms with Gasteiger partial charge in [0.15, 0.2) is 0 Å². The molecule has 90 valence electrons. The maximum Gasteiger partial charge on any atom is 0.141 e. The summed E-state index contributed by atoms with van der Waals surface area (Å²) in [7, 11) is 0. The zero-order chi connectivity index (χ0) is 12.4. The van der Waals surface area contributed by atoms with E-state index in [-0.39, 0.29) is 6.04 Å². The molecule has 0 radical (unpaired) electrons. The lowest BCUT2D eigenvalue weighted by molar-refractivity contribution is 0.877. The van der Waals surface area contributed by atoms with Crippen molar-refractivity contribution < 1.29 is 0 Å². The summed E-state index contributed by atoms with van der Waals surface area (Å²) < 4.78 is 0.930. The van der Waals surface area contributed by atoms with Gasteiger partial charge >= 0.3 is 0 Å². The third kappa shape index (κ3) is 2.61. The Morgan fingerprint density at radius 2 is 2.29 bits per heavy atom. The van der Waals surface area contributed by atoms with Crippen LogP contribution in [-0.4, -0.2) is 4.98 Å². The van der Waals surface area contributed by atoms with Crippen LogP contribution in [0.1, 0.15) is 24.1 Å². The van der Waals surface area contributed by atoms with Crippen molar-refractivity contribution in [1.29, 1.82) is 0 Å². The highest BCUT2D eigenvalue weighted by atomic mass is 79.9. The van der Waals surface area contributed by atoms with Gasteiger partial charge in [0.25, 0.3) is 0 Å². The van der Waals surface area contributed by atoms with Gasteiger partial charge in [-0.15, -0.1) is 0 Å². The van der Waals surface area contributed by atoms with Gasteiger partial charge in [-0.1, -0.05) is 0 Å². The molecule has 0 spiro atoms. The minimum absolute atomic E-state index is 0.230. The molecular weight excluding hydrogens is 298 g/mol. The number of hydrogen-bond donors (Lipinski definition) is 2. The predicted octanol–water partition coefficient (Wildman–Crippen LogP) is 3.97. The second-order valence-corrected chi connectivity index (χ2v) is 5.50. The van der Waals surface area contributed by atoms with E-state index in [0.717, 1.165) is 15.9 Å². The van der Waals surface area contributed by atoms with Gasteiger partial charge in [0.2, 0.25) is 0 Å². The van der Waals surface area contributed by atoms with Crippen molar-refractivity contribution in [2.45, 2.75) is 19.9 Å². The summed E-state index contributed by atoms with van der Waals surface area (Å²) in [4.78, 5) is 4.31. The van der Waals surface area contributed by atoms with Crippen LogP contribution < -0.4 is 11.1 Å². The molecule has 0 fully saturated rings. The van der Waals surface area contributed by atoms with Crippen LogP contribution in [0.4, 0.5) is 11.5 Å². The first kappa shape index (κ1) is 12.4. The highest BCUT2D eigenvalue weighted by molar-refractivity contribution is 9.10. The van der Waals surface area contributed by atoms with Crippen LogP contribution in [0.3, 0.4) is 0 Å². The van der Waals surface area contributed by atoms with Gasteiger partial charge in [0.1, 0.15) is 5.82 Å². The van der Waals surface area contributed by atoms with Crippen LogP contribution in [-0.2, 0) is 0 Å². The molecule has 3 nitrogen and oxygen atoms in total. The summed E-state index contributed by atoms with van der Waals surface area (Å²) in [5.41, 5.74) is 8.77. The first-order valence-electron chi connectivity index (χ1n) is 5.28. The fourth-order valence-corrected chi connectivity index (χ4v) is 2.70. The van der Waals surface area contributed by atoms with Gasteiger partial charge in [-0.3, -0.25) is 0 Å². The smallest absolute Gasteiger partial charge is 0.141 e. The average molecular weight is 312 g/mol. The third-order valence-electron chi connectivity index (χ3n) is 2.70. The molecule has 17 heavy (non-hydrogen) atoms. The Morgan fingerprint density at radius 1 is 1.53 bits per heavy atom. The molecule has 2 rings (SSSR count). The lowest BCUT2D eigenvalue weighted by atomic mass is 10.2. The molecule has 2 aromatic heterocycles. The molecular formula is C12H14BrN3S. The van der Waals surface area contributed by atoms with Crippen molar-refractivity contribution >= 4 is 38.8 Å². The number of pyridine rings is 1. The Hall–Kier alpha value is -1.07. The topological polar surface area (TPSA) is 50.9 Å². The Kier molecular flexibility index (Phi) is 3.69. The van der Waals surface area contributed by atoms with Crippen molar-refractivity contribution in [3.05, 3.63) is 38.6 Å². The highest BCUT2D eigenvalue weighted by Gasteiger charge is 2.11. The standard InChI is InChI=1S/C12H14BrN3S/c1-7-10(14)5-15-12(11(7)13)16-8(2)9-3-4-17-6-9/h3-6,8H,14H2,1-2H3,(H,15,16). The van der Waals surface area contributed by atoms with Crippen molar-refractivity contribution in [3.8, 4) is 0 Å². The SMILES string of the molecule is Cc1c(N)cnc(NC(C)c2ccsc2)c1Br. The number of nitrogens with one attached hydrogen (secondary N) is 1. The number of anilines is 2. The lowest BCUT2D eigenvalue weighted by Crippen LogP contribution is -2.08.